The van der Waals surface area contributed by atoms with Crippen LogP contribution in [0.15, 0.2) is 72.9 Å². The van der Waals surface area contributed by atoms with E-state index in [2.05, 4.69) is 10.6 Å². The maximum absolute atomic E-state index is 13.8. The number of anilines is 2. The first-order valence-electron chi connectivity index (χ1n) is 15.3. The molecule has 0 spiro atoms. The summed E-state index contributed by atoms with van der Waals surface area (Å²) in [6.07, 6.45) is 1.64. The van der Waals surface area contributed by atoms with Crippen LogP contribution in [0.5, 0.6) is 11.5 Å². The number of aliphatic hydroxyl groups excluding tert-OH is 1. The number of methoxy groups -OCH3 is 1. The van der Waals surface area contributed by atoms with E-state index < -0.39 is 12.1 Å². The van der Waals surface area contributed by atoms with Gasteiger partial charge in [0.05, 0.1) is 38.3 Å². The lowest BCUT2D eigenvalue weighted by molar-refractivity contribution is -0.115. The van der Waals surface area contributed by atoms with E-state index in [0.717, 1.165) is 16.5 Å². The number of carbonyl (C=O) groups is 3. The van der Waals surface area contributed by atoms with Crippen molar-refractivity contribution in [2.24, 2.45) is 13.0 Å². The van der Waals surface area contributed by atoms with E-state index in [0.29, 0.717) is 29.4 Å². The number of ether oxygens (including phenoxy) is 2. The van der Waals surface area contributed by atoms with Crippen LogP contribution < -0.4 is 20.1 Å². The molecule has 5 rings (SSSR count). The molecule has 11 nitrogen and oxygen atoms in total. The number of hydrogen-bond donors (Lipinski definition) is 3. The van der Waals surface area contributed by atoms with Crippen molar-refractivity contribution in [2.75, 3.05) is 44.5 Å². The second-order valence-corrected chi connectivity index (χ2v) is 11.9. The van der Waals surface area contributed by atoms with Crippen molar-refractivity contribution >= 4 is 40.1 Å². The van der Waals surface area contributed by atoms with Crippen molar-refractivity contribution in [1.82, 2.24) is 14.4 Å². The molecule has 1 aromatic heterocycles. The number of urea groups is 1. The summed E-state index contributed by atoms with van der Waals surface area (Å²) in [5, 5.41) is 16.8. The number of nitrogens with zero attached hydrogens (tertiary/aromatic N) is 3. The maximum atomic E-state index is 13.8. The average molecular weight is 628 g/mol. The number of amides is 4. The monoisotopic (exact) mass is 627 g/mol. The van der Waals surface area contributed by atoms with Crippen LogP contribution in [0.25, 0.3) is 10.9 Å². The maximum Gasteiger partial charge on any atom is 0.321 e. The van der Waals surface area contributed by atoms with E-state index in [1.54, 1.807) is 68.4 Å². The molecule has 3 N–H and O–H groups in total. The number of aryl methyl sites for hydroxylation is 1. The molecule has 4 aromatic rings. The summed E-state index contributed by atoms with van der Waals surface area (Å²) in [6.45, 7) is 4.06. The predicted molar refractivity (Wildman–Crippen MR) is 178 cm³/mol. The Morgan fingerprint density at radius 2 is 1.80 bits per heavy atom. The van der Waals surface area contributed by atoms with E-state index in [4.69, 9.17) is 9.47 Å². The Labute approximate surface area is 268 Å². The van der Waals surface area contributed by atoms with Crippen LogP contribution >= 0.6 is 0 Å². The first-order valence-corrected chi connectivity index (χ1v) is 15.3. The Kier molecular flexibility index (Phi) is 9.81. The fourth-order valence-corrected chi connectivity index (χ4v) is 5.71. The number of carbonyl (C=O) groups excluding carboxylic acids is 3. The molecule has 3 atom stereocenters. The molecule has 0 radical (unpaired) electrons. The molecule has 242 valence electrons. The van der Waals surface area contributed by atoms with E-state index in [9.17, 15) is 19.5 Å². The number of benzene rings is 3. The van der Waals surface area contributed by atoms with Gasteiger partial charge < -0.3 is 39.6 Å². The first kappa shape index (κ1) is 32.4. The van der Waals surface area contributed by atoms with Crippen LogP contribution in [-0.4, -0.2) is 83.3 Å². The topological polar surface area (TPSA) is 125 Å². The van der Waals surface area contributed by atoms with Crippen molar-refractivity contribution in [3.05, 3.63) is 84.1 Å². The third-order valence-corrected chi connectivity index (χ3v) is 8.42. The molecule has 0 saturated heterocycles. The highest BCUT2D eigenvalue weighted by Crippen LogP contribution is 2.31. The van der Waals surface area contributed by atoms with Gasteiger partial charge in [0.1, 0.15) is 17.6 Å². The van der Waals surface area contributed by atoms with Crippen molar-refractivity contribution in [3.8, 4) is 11.5 Å². The molecule has 0 unspecified atom stereocenters. The SMILES string of the molecule is COc1ccc(NC(=O)N(C)C[C@@H]2Oc3ccc(NC(=O)Cc4cn(C)c5ccccc45)cc3C(=O)N([C@@H](C)CO)C[C@@H]2C)cc1. The van der Waals surface area contributed by atoms with Gasteiger partial charge in [0.25, 0.3) is 5.91 Å². The predicted octanol–water partition coefficient (Wildman–Crippen LogP) is 4.75. The molecule has 46 heavy (non-hydrogen) atoms. The Balaban J connectivity index is 1.35. The summed E-state index contributed by atoms with van der Waals surface area (Å²) in [5.41, 5.74) is 3.29. The fourth-order valence-electron chi connectivity index (χ4n) is 5.71. The third-order valence-electron chi connectivity index (χ3n) is 8.42. The fraction of sp³-hybridized carbons (Fsp3) is 0.343. The molecule has 0 fully saturated rings. The van der Waals surface area contributed by atoms with Gasteiger partial charge in [-0.05, 0) is 61.0 Å². The van der Waals surface area contributed by atoms with Gasteiger partial charge in [0.15, 0.2) is 0 Å². The summed E-state index contributed by atoms with van der Waals surface area (Å²) < 4.78 is 13.6. The van der Waals surface area contributed by atoms with Gasteiger partial charge in [-0.15, -0.1) is 0 Å². The van der Waals surface area contributed by atoms with Gasteiger partial charge in [-0.25, -0.2) is 4.79 Å². The minimum absolute atomic E-state index is 0.168. The van der Waals surface area contributed by atoms with Crippen molar-refractivity contribution in [3.63, 3.8) is 0 Å². The highest BCUT2D eigenvalue weighted by atomic mass is 16.5. The molecule has 0 bridgehead atoms. The molecule has 0 saturated carbocycles. The molecule has 0 aliphatic carbocycles. The molecular formula is C35H41N5O6. The number of para-hydroxylation sites is 1. The minimum Gasteiger partial charge on any atom is -0.497 e. The molecule has 2 heterocycles. The Morgan fingerprint density at radius 1 is 1.09 bits per heavy atom. The largest absolute Gasteiger partial charge is 0.497 e. The zero-order valence-electron chi connectivity index (χ0n) is 26.8. The summed E-state index contributed by atoms with van der Waals surface area (Å²) >= 11 is 0. The highest BCUT2D eigenvalue weighted by Gasteiger charge is 2.34. The van der Waals surface area contributed by atoms with E-state index >= 15 is 0 Å². The lowest BCUT2D eigenvalue weighted by atomic mass is 9.99. The Morgan fingerprint density at radius 3 is 2.52 bits per heavy atom. The lowest BCUT2D eigenvalue weighted by Gasteiger charge is -2.38. The first-order chi connectivity index (χ1) is 22.1. The second-order valence-electron chi connectivity index (χ2n) is 11.9. The van der Waals surface area contributed by atoms with Crippen LogP contribution in [0.2, 0.25) is 0 Å². The van der Waals surface area contributed by atoms with Gasteiger partial charge in [0, 0.05) is 55.0 Å². The molecule has 4 amide bonds. The molecular weight excluding hydrogens is 586 g/mol. The second kappa shape index (κ2) is 13.9. The summed E-state index contributed by atoms with van der Waals surface area (Å²) in [4.78, 5) is 43.2. The standard InChI is InChI=1S/C35H41N5O6/c1-22-18-40(23(2)21-41)34(43)29-17-26(36-33(42)16-24-19-38(3)30-9-7-6-8-28(24)30)12-15-31(29)46-32(22)20-39(4)35(44)37-25-10-13-27(45-5)14-11-25/h6-15,17,19,22-23,32,41H,16,18,20-21H2,1-5H3,(H,36,42)(H,37,44)/t22-,23-,32-/m0/s1. The normalized spacial score (nSPS) is 16.9. The third kappa shape index (κ3) is 7.10. The van der Waals surface area contributed by atoms with Crippen LogP contribution in [0.4, 0.5) is 16.2 Å². The lowest BCUT2D eigenvalue weighted by Crippen LogP contribution is -2.50. The van der Waals surface area contributed by atoms with Crippen LogP contribution in [0, 0.1) is 5.92 Å². The Bertz CT molecular complexity index is 1720. The van der Waals surface area contributed by atoms with E-state index in [1.165, 1.54) is 4.90 Å². The van der Waals surface area contributed by atoms with Crippen molar-refractivity contribution in [1.29, 1.82) is 0 Å². The summed E-state index contributed by atoms with van der Waals surface area (Å²) in [6, 6.07) is 19.2. The molecule has 1 aliphatic rings. The number of aliphatic hydroxyl groups is 1. The van der Waals surface area contributed by atoms with Crippen LogP contribution in [0.3, 0.4) is 0 Å². The zero-order valence-corrected chi connectivity index (χ0v) is 26.8. The summed E-state index contributed by atoms with van der Waals surface area (Å²) in [5.74, 6) is 0.324. The van der Waals surface area contributed by atoms with Crippen molar-refractivity contribution in [2.45, 2.75) is 32.4 Å². The molecule has 11 heteroatoms. The van der Waals surface area contributed by atoms with Crippen molar-refractivity contribution < 1.29 is 29.0 Å². The average Bonchev–Trinajstić information content (AvgIpc) is 3.37. The molecule has 3 aromatic carbocycles. The number of rotatable bonds is 9. The highest BCUT2D eigenvalue weighted by molar-refractivity contribution is 6.01. The zero-order chi connectivity index (χ0) is 33.0. The van der Waals surface area contributed by atoms with E-state index in [-0.39, 0.29) is 48.9 Å². The molecule has 1 aliphatic heterocycles. The smallest absolute Gasteiger partial charge is 0.321 e. The number of fused-ring (bicyclic) bond motifs is 2. The van der Waals surface area contributed by atoms with Crippen LogP contribution in [0.1, 0.15) is 29.8 Å². The van der Waals surface area contributed by atoms with E-state index in [1.807, 2.05) is 49.0 Å². The van der Waals surface area contributed by atoms with Crippen LogP contribution in [-0.2, 0) is 18.3 Å². The van der Waals surface area contributed by atoms with Gasteiger partial charge >= 0.3 is 6.03 Å². The van der Waals surface area contributed by atoms with Gasteiger partial charge in [-0.2, -0.15) is 0 Å². The quantitative estimate of drug-likeness (QED) is 0.246. The Hall–Kier alpha value is -5.03. The van der Waals surface area contributed by atoms with Gasteiger partial charge in [0.2, 0.25) is 5.91 Å². The summed E-state index contributed by atoms with van der Waals surface area (Å²) in [7, 11) is 5.21. The number of nitrogens with one attached hydrogen (secondary N) is 2. The number of aromatic nitrogens is 1. The minimum atomic E-state index is -0.473. The number of likely N-dealkylation sites (N-methyl/N-ethyl adjacent to an activating group) is 1. The van der Waals surface area contributed by atoms with Gasteiger partial charge in [-0.3, -0.25) is 9.59 Å². The van der Waals surface area contributed by atoms with Gasteiger partial charge in [-0.1, -0.05) is 25.1 Å². The number of hydrogen-bond acceptors (Lipinski definition) is 6.